The van der Waals surface area contributed by atoms with Crippen molar-refractivity contribution in [3.05, 3.63) is 0 Å². The van der Waals surface area contributed by atoms with Gasteiger partial charge in [-0.1, -0.05) is 32.6 Å². The minimum atomic E-state index is 0.511. The lowest BCUT2D eigenvalue weighted by Crippen LogP contribution is -2.64. The molecular weight excluding hydrogens is 234 g/mol. The van der Waals surface area contributed by atoms with Crippen molar-refractivity contribution in [2.75, 3.05) is 6.61 Å². The highest BCUT2D eigenvalue weighted by Crippen LogP contribution is 2.55. The Morgan fingerprint density at radius 1 is 1.11 bits per heavy atom. The molecule has 1 N–H and O–H groups in total. The second-order valence-corrected chi connectivity index (χ2v) is 7.31. The maximum absolute atomic E-state index is 6.02. The topological polar surface area (TPSA) is 21.3 Å². The Hall–Kier alpha value is -0.0800. The molecule has 0 radical (unpaired) electrons. The van der Waals surface area contributed by atoms with Crippen molar-refractivity contribution in [1.29, 1.82) is 0 Å². The van der Waals surface area contributed by atoms with E-state index in [2.05, 4.69) is 19.2 Å². The van der Waals surface area contributed by atoms with E-state index in [0.29, 0.717) is 11.5 Å². The van der Waals surface area contributed by atoms with E-state index >= 15 is 0 Å². The normalized spacial score (nSPS) is 41.4. The zero-order valence-corrected chi connectivity index (χ0v) is 12.8. The Kier molecular flexibility index (Phi) is 4.19. The standard InChI is InChI=1S/C17H31NO/c1-3-19-16-12-15(17(16)9-4-5-10-17)18-14-8-6-7-13(2)11-14/h13-16,18H,3-12H2,1-2H3. The lowest BCUT2D eigenvalue weighted by atomic mass is 9.60. The van der Waals surface area contributed by atoms with Crippen LogP contribution in [0.15, 0.2) is 0 Å². The van der Waals surface area contributed by atoms with E-state index < -0.39 is 0 Å². The van der Waals surface area contributed by atoms with Crippen LogP contribution in [0.2, 0.25) is 0 Å². The molecule has 3 saturated carbocycles. The van der Waals surface area contributed by atoms with Gasteiger partial charge in [-0.3, -0.25) is 0 Å². The zero-order chi connectivity index (χ0) is 13.3. The molecule has 0 aromatic heterocycles. The summed E-state index contributed by atoms with van der Waals surface area (Å²) in [6.07, 6.45) is 13.1. The van der Waals surface area contributed by atoms with Gasteiger partial charge in [-0.25, -0.2) is 0 Å². The van der Waals surface area contributed by atoms with Crippen molar-refractivity contribution >= 4 is 0 Å². The van der Waals surface area contributed by atoms with E-state index in [0.717, 1.165) is 24.6 Å². The van der Waals surface area contributed by atoms with Crippen molar-refractivity contribution < 1.29 is 4.74 Å². The van der Waals surface area contributed by atoms with Gasteiger partial charge in [-0.2, -0.15) is 0 Å². The average Bonchev–Trinajstić information content (AvgIpc) is 2.90. The molecule has 4 unspecified atom stereocenters. The molecule has 0 aliphatic heterocycles. The van der Waals surface area contributed by atoms with Crippen molar-refractivity contribution in [2.45, 2.75) is 89.8 Å². The Morgan fingerprint density at radius 3 is 2.58 bits per heavy atom. The fourth-order valence-electron chi connectivity index (χ4n) is 4.99. The van der Waals surface area contributed by atoms with Gasteiger partial charge in [0.2, 0.25) is 0 Å². The van der Waals surface area contributed by atoms with Gasteiger partial charge < -0.3 is 10.1 Å². The third kappa shape index (κ3) is 2.58. The highest BCUT2D eigenvalue weighted by atomic mass is 16.5. The summed E-state index contributed by atoms with van der Waals surface area (Å²) in [5.41, 5.74) is 0.511. The molecular formula is C17H31NO. The Labute approximate surface area is 118 Å². The third-order valence-corrected chi connectivity index (χ3v) is 6.06. The van der Waals surface area contributed by atoms with Gasteiger partial charge in [0.25, 0.3) is 0 Å². The molecule has 3 aliphatic rings. The molecule has 110 valence electrons. The van der Waals surface area contributed by atoms with Gasteiger partial charge in [-0.15, -0.1) is 0 Å². The van der Waals surface area contributed by atoms with Gasteiger partial charge in [0.05, 0.1) is 6.10 Å². The van der Waals surface area contributed by atoms with Crippen LogP contribution in [-0.2, 0) is 4.74 Å². The van der Waals surface area contributed by atoms with Crippen LogP contribution in [0.5, 0.6) is 0 Å². The second kappa shape index (κ2) is 5.73. The molecule has 0 bridgehead atoms. The van der Waals surface area contributed by atoms with Gasteiger partial charge in [0.1, 0.15) is 0 Å². The molecule has 19 heavy (non-hydrogen) atoms. The predicted molar refractivity (Wildman–Crippen MR) is 79.3 cm³/mol. The molecule has 0 aromatic rings. The fraction of sp³-hybridized carbons (Fsp3) is 1.00. The monoisotopic (exact) mass is 265 g/mol. The SMILES string of the molecule is CCOC1CC(NC2CCCC(C)C2)C12CCCC2. The summed E-state index contributed by atoms with van der Waals surface area (Å²) in [6, 6.07) is 1.54. The summed E-state index contributed by atoms with van der Waals surface area (Å²) < 4.78 is 6.02. The molecule has 2 nitrogen and oxygen atoms in total. The van der Waals surface area contributed by atoms with Crippen molar-refractivity contribution in [3.63, 3.8) is 0 Å². The van der Waals surface area contributed by atoms with E-state index in [9.17, 15) is 0 Å². The van der Waals surface area contributed by atoms with Crippen LogP contribution >= 0.6 is 0 Å². The first-order valence-corrected chi connectivity index (χ1v) is 8.62. The minimum Gasteiger partial charge on any atom is -0.378 e. The fourth-order valence-corrected chi connectivity index (χ4v) is 4.99. The van der Waals surface area contributed by atoms with Crippen LogP contribution in [0.3, 0.4) is 0 Å². The first kappa shape index (κ1) is 13.9. The Balaban J connectivity index is 1.59. The number of hydrogen-bond donors (Lipinski definition) is 1. The second-order valence-electron chi connectivity index (χ2n) is 7.31. The number of nitrogens with one attached hydrogen (secondary N) is 1. The van der Waals surface area contributed by atoms with Crippen molar-refractivity contribution in [3.8, 4) is 0 Å². The summed E-state index contributed by atoms with van der Waals surface area (Å²) >= 11 is 0. The van der Waals surface area contributed by atoms with Crippen LogP contribution in [0.4, 0.5) is 0 Å². The van der Waals surface area contributed by atoms with Gasteiger partial charge in [0, 0.05) is 24.1 Å². The Morgan fingerprint density at radius 2 is 1.89 bits per heavy atom. The molecule has 0 heterocycles. The smallest absolute Gasteiger partial charge is 0.0661 e. The van der Waals surface area contributed by atoms with E-state index in [4.69, 9.17) is 4.74 Å². The zero-order valence-electron chi connectivity index (χ0n) is 12.8. The summed E-state index contributed by atoms with van der Waals surface area (Å²) in [7, 11) is 0. The predicted octanol–water partition coefficient (Wildman–Crippen LogP) is 3.89. The minimum absolute atomic E-state index is 0.511. The molecule has 3 fully saturated rings. The molecule has 4 atom stereocenters. The third-order valence-electron chi connectivity index (χ3n) is 6.06. The van der Waals surface area contributed by atoms with Crippen LogP contribution in [0.25, 0.3) is 0 Å². The lowest BCUT2D eigenvalue weighted by molar-refractivity contribution is -0.133. The summed E-state index contributed by atoms with van der Waals surface area (Å²) in [6.45, 7) is 5.45. The molecule has 1 spiro atoms. The molecule has 0 saturated heterocycles. The molecule has 0 amide bonds. The summed E-state index contributed by atoms with van der Waals surface area (Å²) in [5.74, 6) is 0.925. The maximum Gasteiger partial charge on any atom is 0.0661 e. The molecule has 3 rings (SSSR count). The molecule has 3 aliphatic carbocycles. The first-order valence-electron chi connectivity index (χ1n) is 8.62. The summed E-state index contributed by atoms with van der Waals surface area (Å²) in [4.78, 5) is 0. The number of hydrogen-bond acceptors (Lipinski definition) is 2. The highest BCUT2D eigenvalue weighted by Gasteiger charge is 2.56. The number of ether oxygens (including phenoxy) is 1. The van der Waals surface area contributed by atoms with E-state index in [1.165, 1.54) is 57.8 Å². The van der Waals surface area contributed by atoms with E-state index in [1.54, 1.807) is 0 Å². The number of rotatable bonds is 4. The van der Waals surface area contributed by atoms with Crippen molar-refractivity contribution in [2.24, 2.45) is 11.3 Å². The molecule has 0 aromatic carbocycles. The van der Waals surface area contributed by atoms with Crippen LogP contribution < -0.4 is 5.32 Å². The van der Waals surface area contributed by atoms with Crippen LogP contribution in [-0.4, -0.2) is 24.8 Å². The first-order chi connectivity index (χ1) is 9.24. The highest BCUT2D eigenvalue weighted by molar-refractivity contribution is 5.10. The van der Waals surface area contributed by atoms with Crippen LogP contribution in [0, 0.1) is 11.3 Å². The van der Waals surface area contributed by atoms with Crippen LogP contribution in [0.1, 0.15) is 71.6 Å². The average molecular weight is 265 g/mol. The van der Waals surface area contributed by atoms with Gasteiger partial charge in [0.15, 0.2) is 0 Å². The van der Waals surface area contributed by atoms with E-state index in [1.807, 2.05) is 0 Å². The maximum atomic E-state index is 6.02. The Bertz CT molecular complexity index is 298. The van der Waals surface area contributed by atoms with Crippen molar-refractivity contribution in [1.82, 2.24) is 5.32 Å². The van der Waals surface area contributed by atoms with Gasteiger partial charge in [-0.05, 0) is 44.9 Å². The largest absolute Gasteiger partial charge is 0.378 e. The quantitative estimate of drug-likeness (QED) is 0.832. The van der Waals surface area contributed by atoms with Gasteiger partial charge >= 0.3 is 0 Å². The van der Waals surface area contributed by atoms with E-state index in [-0.39, 0.29) is 0 Å². The summed E-state index contributed by atoms with van der Waals surface area (Å²) in [5, 5.41) is 4.03. The molecule has 2 heteroatoms. The lowest BCUT2D eigenvalue weighted by Gasteiger charge is -2.55.